The van der Waals surface area contributed by atoms with Gasteiger partial charge in [0, 0.05) is 0 Å². The third kappa shape index (κ3) is 3.70. The molecule has 0 fully saturated rings. The Hall–Kier alpha value is -1.29. The summed E-state index contributed by atoms with van der Waals surface area (Å²) in [5.74, 6) is 0.258. The number of hydrogen-bond donors (Lipinski definition) is 0. The second-order valence-electron chi connectivity index (χ2n) is 3.14. The van der Waals surface area contributed by atoms with Crippen LogP contribution >= 0.6 is 15.9 Å². The van der Waals surface area contributed by atoms with Crippen molar-refractivity contribution in [1.29, 1.82) is 0 Å². The van der Waals surface area contributed by atoms with Crippen LogP contribution in [-0.4, -0.2) is 19.2 Å². The molecule has 86 valence electrons. The Balaban J connectivity index is 2.65. The lowest BCUT2D eigenvalue weighted by Gasteiger charge is -2.12. The van der Waals surface area contributed by atoms with Crippen LogP contribution in [0.25, 0.3) is 6.08 Å². The monoisotopic (exact) mass is 284 g/mol. The van der Waals surface area contributed by atoms with E-state index in [1.165, 1.54) is 7.11 Å². The molecule has 0 saturated heterocycles. The predicted molar refractivity (Wildman–Crippen MR) is 66.5 cm³/mol. The van der Waals surface area contributed by atoms with Crippen LogP contribution in [0.2, 0.25) is 0 Å². The highest BCUT2D eigenvalue weighted by Gasteiger charge is 2.14. The maximum absolute atomic E-state index is 11.1. The summed E-state index contributed by atoms with van der Waals surface area (Å²) in [5.41, 5.74) is 1.05. The van der Waals surface area contributed by atoms with Crippen molar-refractivity contribution in [3.63, 3.8) is 0 Å². The number of hydrogen-bond acceptors (Lipinski definition) is 3. The van der Waals surface area contributed by atoms with E-state index in [1.807, 2.05) is 30.3 Å². The molecule has 16 heavy (non-hydrogen) atoms. The molecule has 0 amide bonds. The number of carbonyl (C=O) groups is 1. The molecule has 1 atom stereocenters. The van der Waals surface area contributed by atoms with E-state index in [0.717, 1.165) is 5.56 Å². The lowest BCUT2D eigenvalue weighted by molar-refractivity contribution is -0.147. The molecule has 1 unspecified atom stereocenters. The molecule has 0 heterocycles. The second-order valence-corrected chi connectivity index (χ2v) is 3.67. The van der Waals surface area contributed by atoms with Gasteiger partial charge in [-0.25, -0.2) is 4.79 Å². The minimum absolute atomic E-state index is 0.385. The summed E-state index contributed by atoms with van der Waals surface area (Å²) in [7, 11) is 1.34. The molecule has 1 aromatic rings. The van der Waals surface area contributed by atoms with E-state index in [0.29, 0.717) is 5.75 Å². The van der Waals surface area contributed by atoms with E-state index in [1.54, 1.807) is 11.9 Å². The fourth-order valence-electron chi connectivity index (χ4n) is 1.15. The number of carbonyl (C=O) groups excluding carboxylic acids is 1. The average Bonchev–Trinajstić information content (AvgIpc) is 2.31. The summed E-state index contributed by atoms with van der Waals surface area (Å²) in [5, 5.41) is 0. The van der Waals surface area contributed by atoms with Crippen LogP contribution < -0.4 is 4.74 Å². The molecule has 0 bridgehead atoms. The number of halogens is 1. The number of methoxy groups -OCH3 is 1. The predicted octanol–water partition coefficient (Wildman–Crippen LogP) is 2.99. The lowest BCUT2D eigenvalue weighted by Crippen LogP contribution is -2.24. The number of esters is 1. The number of benzene rings is 1. The molecule has 4 heteroatoms. The lowest BCUT2D eigenvalue weighted by atomic mass is 10.2. The van der Waals surface area contributed by atoms with Crippen molar-refractivity contribution >= 4 is 28.0 Å². The molecule has 1 aromatic carbocycles. The highest BCUT2D eigenvalue weighted by Crippen LogP contribution is 2.15. The van der Waals surface area contributed by atoms with Gasteiger partial charge in [0.2, 0.25) is 0 Å². The van der Waals surface area contributed by atoms with E-state index in [4.69, 9.17) is 4.74 Å². The summed E-state index contributed by atoms with van der Waals surface area (Å²) in [6, 6.07) is 7.41. The maximum atomic E-state index is 11.1. The zero-order valence-electron chi connectivity index (χ0n) is 9.14. The van der Waals surface area contributed by atoms with E-state index in [-0.39, 0.29) is 5.97 Å². The van der Waals surface area contributed by atoms with Crippen molar-refractivity contribution in [2.24, 2.45) is 0 Å². The van der Waals surface area contributed by atoms with Crippen LogP contribution in [0.3, 0.4) is 0 Å². The molecule has 0 radical (unpaired) electrons. The van der Waals surface area contributed by atoms with Crippen LogP contribution in [0.1, 0.15) is 12.5 Å². The molecule has 3 nitrogen and oxygen atoms in total. The zero-order valence-corrected chi connectivity index (χ0v) is 10.7. The van der Waals surface area contributed by atoms with Gasteiger partial charge >= 0.3 is 5.97 Å². The van der Waals surface area contributed by atoms with E-state index >= 15 is 0 Å². The van der Waals surface area contributed by atoms with E-state index < -0.39 is 6.10 Å². The van der Waals surface area contributed by atoms with Gasteiger partial charge in [-0.2, -0.15) is 0 Å². The average molecular weight is 285 g/mol. The van der Waals surface area contributed by atoms with Gasteiger partial charge in [0.05, 0.1) is 7.11 Å². The Labute approximate surface area is 103 Å². The van der Waals surface area contributed by atoms with Gasteiger partial charge in [-0.05, 0) is 35.7 Å². The van der Waals surface area contributed by atoms with Gasteiger partial charge in [0.15, 0.2) is 6.10 Å². The van der Waals surface area contributed by atoms with Crippen molar-refractivity contribution in [3.8, 4) is 5.75 Å². The molecule has 0 N–H and O–H groups in total. The maximum Gasteiger partial charge on any atom is 0.346 e. The molecule has 0 aliphatic heterocycles. The van der Waals surface area contributed by atoms with Crippen LogP contribution in [0.4, 0.5) is 0 Å². The smallest absolute Gasteiger partial charge is 0.346 e. The minimum atomic E-state index is -0.595. The third-order valence-electron chi connectivity index (χ3n) is 1.98. The molecule has 0 aromatic heterocycles. The van der Waals surface area contributed by atoms with Gasteiger partial charge in [-0.15, -0.1) is 0 Å². The molecule has 0 saturated carbocycles. The molecule has 0 aliphatic carbocycles. The third-order valence-corrected chi connectivity index (χ3v) is 2.25. The van der Waals surface area contributed by atoms with Gasteiger partial charge in [-0.1, -0.05) is 28.1 Å². The van der Waals surface area contributed by atoms with Crippen molar-refractivity contribution < 1.29 is 14.3 Å². The van der Waals surface area contributed by atoms with Crippen molar-refractivity contribution in [3.05, 3.63) is 34.8 Å². The Morgan fingerprint density at radius 2 is 2.00 bits per heavy atom. The normalized spacial score (nSPS) is 12.4. The van der Waals surface area contributed by atoms with Crippen LogP contribution in [0.15, 0.2) is 29.3 Å². The van der Waals surface area contributed by atoms with Gasteiger partial charge in [-0.3, -0.25) is 0 Å². The Morgan fingerprint density at radius 1 is 1.38 bits per heavy atom. The van der Waals surface area contributed by atoms with E-state index in [2.05, 4.69) is 20.7 Å². The molecule has 0 aliphatic rings. The first kappa shape index (κ1) is 12.8. The van der Waals surface area contributed by atoms with Crippen molar-refractivity contribution in [2.45, 2.75) is 13.0 Å². The SMILES string of the molecule is COC(=O)C(C)Oc1ccc(/C=C/Br)cc1. The summed E-state index contributed by atoms with van der Waals surface area (Å²) in [4.78, 5) is 12.9. The number of rotatable bonds is 4. The Morgan fingerprint density at radius 3 is 2.50 bits per heavy atom. The standard InChI is InChI=1S/C12H13BrO3/c1-9(12(14)15-2)16-11-5-3-10(4-6-11)7-8-13/h3-9H,1-2H3/b8-7+. The topological polar surface area (TPSA) is 35.5 Å². The first-order valence-corrected chi connectivity index (χ1v) is 5.70. The molecular weight excluding hydrogens is 272 g/mol. The molecule has 0 spiro atoms. The Bertz CT molecular complexity index is 370. The number of ether oxygens (including phenoxy) is 2. The second kappa shape index (κ2) is 6.33. The van der Waals surface area contributed by atoms with Crippen LogP contribution in [0, 0.1) is 0 Å². The molecule has 1 rings (SSSR count). The first-order chi connectivity index (χ1) is 7.67. The highest BCUT2D eigenvalue weighted by atomic mass is 79.9. The van der Waals surface area contributed by atoms with Crippen LogP contribution in [-0.2, 0) is 9.53 Å². The summed E-state index contributed by atoms with van der Waals surface area (Å²) >= 11 is 3.20. The van der Waals surface area contributed by atoms with Crippen molar-refractivity contribution in [2.75, 3.05) is 7.11 Å². The summed E-state index contributed by atoms with van der Waals surface area (Å²) in [6.45, 7) is 1.65. The Kier molecular flexibility index (Phi) is 5.05. The summed E-state index contributed by atoms with van der Waals surface area (Å²) < 4.78 is 9.95. The quantitative estimate of drug-likeness (QED) is 0.798. The molecular formula is C12H13BrO3. The van der Waals surface area contributed by atoms with Gasteiger partial charge < -0.3 is 9.47 Å². The van der Waals surface area contributed by atoms with Crippen LogP contribution in [0.5, 0.6) is 5.75 Å². The first-order valence-electron chi connectivity index (χ1n) is 4.78. The fourth-order valence-corrected chi connectivity index (χ4v) is 1.45. The van der Waals surface area contributed by atoms with Gasteiger partial charge in [0.1, 0.15) is 5.75 Å². The largest absolute Gasteiger partial charge is 0.479 e. The summed E-state index contributed by atoms with van der Waals surface area (Å²) in [6.07, 6.45) is 1.32. The van der Waals surface area contributed by atoms with Gasteiger partial charge in [0.25, 0.3) is 0 Å². The highest BCUT2D eigenvalue weighted by molar-refractivity contribution is 9.11. The van der Waals surface area contributed by atoms with E-state index in [9.17, 15) is 4.79 Å². The fraction of sp³-hybridized carbons (Fsp3) is 0.250. The van der Waals surface area contributed by atoms with Crippen molar-refractivity contribution in [1.82, 2.24) is 0 Å². The minimum Gasteiger partial charge on any atom is -0.479 e. The zero-order chi connectivity index (χ0) is 12.0.